The third-order valence-corrected chi connectivity index (χ3v) is 3.44. The van der Waals surface area contributed by atoms with Crippen molar-refractivity contribution in [3.63, 3.8) is 0 Å². The number of aromatic nitrogens is 2. The molecule has 1 aromatic heterocycles. The van der Waals surface area contributed by atoms with Gasteiger partial charge in [-0.25, -0.2) is 4.68 Å². The summed E-state index contributed by atoms with van der Waals surface area (Å²) in [6.45, 7) is 1.57. The minimum absolute atomic E-state index is 0.0301. The first-order chi connectivity index (χ1) is 8.84. The Morgan fingerprint density at radius 2 is 2.11 bits per heavy atom. The number of nitrogens with two attached hydrogens (primary N) is 1. The van der Waals surface area contributed by atoms with E-state index in [-0.39, 0.29) is 6.04 Å². The monoisotopic (exact) mass is 243 g/mol. The molecule has 4 nitrogen and oxygen atoms in total. The molecule has 2 unspecified atom stereocenters. The molecule has 18 heavy (non-hydrogen) atoms. The quantitative estimate of drug-likeness (QED) is 0.896. The third-order valence-electron chi connectivity index (χ3n) is 3.44. The van der Waals surface area contributed by atoms with E-state index in [9.17, 15) is 0 Å². The predicted molar refractivity (Wildman–Crippen MR) is 69.4 cm³/mol. The molecule has 2 heterocycles. The van der Waals surface area contributed by atoms with Gasteiger partial charge < -0.3 is 10.5 Å². The smallest absolute Gasteiger partial charge is 0.0799 e. The largest absolute Gasteiger partial charge is 0.381 e. The molecule has 1 aromatic carbocycles. The molecule has 2 atom stereocenters. The lowest BCUT2D eigenvalue weighted by Crippen LogP contribution is -2.22. The van der Waals surface area contributed by atoms with E-state index in [1.807, 2.05) is 47.3 Å². The summed E-state index contributed by atoms with van der Waals surface area (Å²) in [5.74, 6) is 0.393. The summed E-state index contributed by atoms with van der Waals surface area (Å²) in [6.07, 6.45) is 2.99. The Bertz CT molecular complexity index is 503. The minimum atomic E-state index is -0.0301. The summed E-state index contributed by atoms with van der Waals surface area (Å²) >= 11 is 0. The first kappa shape index (κ1) is 11.4. The predicted octanol–water partition coefficient (Wildman–Crippen LogP) is 1.91. The standard InChI is InChI=1S/C14H17N3O/c15-14(11-7-9-18-10-11)13-6-8-17(16-13)12-4-2-1-3-5-12/h1-6,8,11,14H,7,9-10,15H2. The fourth-order valence-electron chi connectivity index (χ4n) is 2.32. The van der Waals surface area contributed by atoms with E-state index in [4.69, 9.17) is 10.5 Å². The van der Waals surface area contributed by atoms with E-state index in [0.717, 1.165) is 31.0 Å². The molecule has 1 aliphatic heterocycles. The molecule has 0 aliphatic carbocycles. The van der Waals surface area contributed by atoms with Gasteiger partial charge in [0.1, 0.15) is 0 Å². The van der Waals surface area contributed by atoms with Crippen molar-refractivity contribution in [3.8, 4) is 5.69 Å². The van der Waals surface area contributed by atoms with E-state index in [0.29, 0.717) is 5.92 Å². The number of rotatable bonds is 3. The zero-order valence-electron chi connectivity index (χ0n) is 10.2. The van der Waals surface area contributed by atoms with Crippen molar-refractivity contribution in [2.24, 2.45) is 11.7 Å². The molecule has 0 saturated carbocycles. The summed E-state index contributed by atoms with van der Waals surface area (Å²) in [7, 11) is 0. The van der Waals surface area contributed by atoms with Gasteiger partial charge in [0.2, 0.25) is 0 Å². The molecule has 4 heteroatoms. The highest BCUT2D eigenvalue weighted by atomic mass is 16.5. The molecule has 2 N–H and O–H groups in total. The van der Waals surface area contributed by atoms with Crippen LogP contribution in [0.4, 0.5) is 0 Å². The Morgan fingerprint density at radius 1 is 1.28 bits per heavy atom. The van der Waals surface area contributed by atoms with Crippen molar-refractivity contribution in [1.82, 2.24) is 9.78 Å². The lowest BCUT2D eigenvalue weighted by Gasteiger charge is -2.14. The molecule has 1 fully saturated rings. The first-order valence-electron chi connectivity index (χ1n) is 6.29. The van der Waals surface area contributed by atoms with Gasteiger partial charge in [-0.2, -0.15) is 5.10 Å². The van der Waals surface area contributed by atoms with Gasteiger partial charge >= 0.3 is 0 Å². The summed E-state index contributed by atoms with van der Waals surface area (Å²) in [6, 6.07) is 12.0. The molecule has 0 bridgehead atoms. The molecular weight excluding hydrogens is 226 g/mol. The van der Waals surface area contributed by atoms with Crippen LogP contribution in [0.25, 0.3) is 5.69 Å². The van der Waals surface area contributed by atoms with Crippen LogP contribution in [0.3, 0.4) is 0 Å². The Labute approximate surface area is 106 Å². The van der Waals surface area contributed by atoms with E-state index < -0.39 is 0 Å². The molecule has 1 saturated heterocycles. The van der Waals surface area contributed by atoms with Gasteiger partial charge in [0.25, 0.3) is 0 Å². The molecule has 3 rings (SSSR count). The van der Waals surface area contributed by atoms with Crippen molar-refractivity contribution in [2.75, 3.05) is 13.2 Å². The Hall–Kier alpha value is -1.65. The van der Waals surface area contributed by atoms with Crippen molar-refractivity contribution in [2.45, 2.75) is 12.5 Å². The van der Waals surface area contributed by atoms with Crippen LogP contribution in [0.5, 0.6) is 0 Å². The zero-order valence-corrected chi connectivity index (χ0v) is 10.2. The van der Waals surface area contributed by atoms with Crippen LogP contribution in [0.1, 0.15) is 18.2 Å². The Morgan fingerprint density at radius 3 is 2.83 bits per heavy atom. The lowest BCUT2D eigenvalue weighted by atomic mass is 9.97. The highest BCUT2D eigenvalue weighted by Gasteiger charge is 2.25. The second-order valence-electron chi connectivity index (χ2n) is 4.67. The summed E-state index contributed by atoms with van der Waals surface area (Å²) < 4.78 is 7.24. The van der Waals surface area contributed by atoms with E-state index in [2.05, 4.69) is 5.10 Å². The van der Waals surface area contributed by atoms with E-state index >= 15 is 0 Å². The molecule has 0 radical (unpaired) electrons. The van der Waals surface area contributed by atoms with Gasteiger partial charge in [0.15, 0.2) is 0 Å². The average Bonchev–Trinajstić information content (AvgIpc) is 3.10. The number of ether oxygens (including phenoxy) is 1. The van der Waals surface area contributed by atoms with Crippen LogP contribution in [-0.2, 0) is 4.74 Å². The Kier molecular flexibility index (Phi) is 3.13. The molecular formula is C14H17N3O. The molecule has 1 aliphatic rings. The van der Waals surface area contributed by atoms with Crippen LogP contribution in [0, 0.1) is 5.92 Å². The summed E-state index contributed by atoms with van der Waals surface area (Å²) in [4.78, 5) is 0. The molecule has 2 aromatic rings. The van der Waals surface area contributed by atoms with Crippen molar-refractivity contribution in [1.29, 1.82) is 0 Å². The Balaban J connectivity index is 1.81. The SMILES string of the molecule is NC(c1ccn(-c2ccccc2)n1)C1CCOC1. The second-order valence-corrected chi connectivity index (χ2v) is 4.67. The lowest BCUT2D eigenvalue weighted by molar-refractivity contribution is 0.180. The summed E-state index contributed by atoms with van der Waals surface area (Å²) in [5, 5.41) is 4.56. The van der Waals surface area contributed by atoms with E-state index in [1.54, 1.807) is 0 Å². The van der Waals surface area contributed by atoms with Crippen LogP contribution in [-0.4, -0.2) is 23.0 Å². The van der Waals surface area contributed by atoms with Crippen molar-refractivity contribution < 1.29 is 4.74 Å². The molecule has 94 valence electrons. The van der Waals surface area contributed by atoms with E-state index in [1.165, 1.54) is 0 Å². The van der Waals surface area contributed by atoms with Gasteiger partial charge in [-0.05, 0) is 24.6 Å². The fraction of sp³-hybridized carbons (Fsp3) is 0.357. The van der Waals surface area contributed by atoms with Crippen LogP contribution < -0.4 is 5.73 Å². The maximum Gasteiger partial charge on any atom is 0.0799 e. The second kappa shape index (κ2) is 4.92. The maximum absolute atomic E-state index is 6.24. The normalized spacial score (nSPS) is 21.1. The highest BCUT2D eigenvalue weighted by molar-refractivity contribution is 5.30. The van der Waals surface area contributed by atoms with Gasteiger partial charge in [-0.3, -0.25) is 0 Å². The third kappa shape index (κ3) is 2.17. The number of hydrogen-bond donors (Lipinski definition) is 1. The van der Waals surface area contributed by atoms with Gasteiger partial charge in [-0.1, -0.05) is 18.2 Å². The number of nitrogens with zero attached hydrogens (tertiary/aromatic N) is 2. The summed E-state index contributed by atoms with van der Waals surface area (Å²) in [5.41, 5.74) is 8.23. The van der Waals surface area contributed by atoms with Crippen molar-refractivity contribution >= 4 is 0 Å². The van der Waals surface area contributed by atoms with Crippen LogP contribution in [0.15, 0.2) is 42.6 Å². The van der Waals surface area contributed by atoms with Gasteiger partial charge in [-0.15, -0.1) is 0 Å². The molecule has 0 amide bonds. The number of benzene rings is 1. The number of hydrogen-bond acceptors (Lipinski definition) is 3. The number of para-hydroxylation sites is 1. The fourth-order valence-corrected chi connectivity index (χ4v) is 2.32. The molecule has 0 spiro atoms. The first-order valence-corrected chi connectivity index (χ1v) is 6.29. The zero-order chi connectivity index (χ0) is 12.4. The average molecular weight is 243 g/mol. The maximum atomic E-state index is 6.24. The van der Waals surface area contributed by atoms with Gasteiger partial charge in [0.05, 0.1) is 24.0 Å². The topological polar surface area (TPSA) is 53.1 Å². The van der Waals surface area contributed by atoms with Gasteiger partial charge in [0, 0.05) is 18.7 Å². The highest BCUT2D eigenvalue weighted by Crippen LogP contribution is 2.25. The van der Waals surface area contributed by atoms with Crippen LogP contribution in [0.2, 0.25) is 0 Å². The van der Waals surface area contributed by atoms with Crippen LogP contribution >= 0.6 is 0 Å². The van der Waals surface area contributed by atoms with Crippen molar-refractivity contribution in [3.05, 3.63) is 48.3 Å². The minimum Gasteiger partial charge on any atom is -0.381 e.